The van der Waals surface area contributed by atoms with Gasteiger partial charge in [0, 0.05) is 34.6 Å². The molecule has 13 nitrogen and oxygen atoms in total. The van der Waals surface area contributed by atoms with Crippen molar-refractivity contribution in [2.75, 3.05) is 6.61 Å². The Bertz CT molecular complexity index is 844. The molecule has 0 spiro atoms. The predicted octanol–water partition coefficient (Wildman–Crippen LogP) is 1.48. The van der Waals surface area contributed by atoms with E-state index < -0.39 is 79.1 Å². The second-order valence-electron chi connectivity index (χ2n) is 8.94. The van der Waals surface area contributed by atoms with Gasteiger partial charge in [-0.05, 0) is 12.8 Å². The molecule has 1 saturated heterocycles. The van der Waals surface area contributed by atoms with Crippen molar-refractivity contribution in [1.29, 1.82) is 0 Å². The van der Waals surface area contributed by atoms with Gasteiger partial charge in [-0.25, -0.2) is 0 Å². The number of amides is 1. The molecule has 1 fully saturated rings. The zero-order chi connectivity index (χ0) is 28.8. The third-order valence-electron chi connectivity index (χ3n) is 5.46. The minimum atomic E-state index is -1.53. The van der Waals surface area contributed by atoms with Gasteiger partial charge in [0.25, 0.3) is 5.91 Å². The van der Waals surface area contributed by atoms with Crippen molar-refractivity contribution in [2.45, 2.75) is 117 Å². The molecule has 1 heterocycles. The number of carbonyl (C=O) groups excluding carboxylic acids is 6. The van der Waals surface area contributed by atoms with Crippen molar-refractivity contribution in [3.8, 4) is 0 Å². The van der Waals surface area contributed by atoms with E-state index in [0.717, 1.165) is 53.4 Å². The number of esters is 5. The molecule has 38 heavy (non-hydrogen) atoms. The summed E-state index contributed by atoms with van der Waals surface area (Å²) >= 11 is 0. The van der Waals surface area contributed by atoms with E-state index >= 15 is 0 Å². The molecular formula is C25H39NO12. The molecule has 1 unspecified atom stereocenters. The number of ether oxygens (including phenoxy) is 6. The summed E-state index contributed by atoms with van der Waals surface area (Å²) in [5.74, 6) is -4.45. The molecule has 0 radical (unpaired) electrons. The highest BCUT2D eigenvalue weighted by atomic mass is 16.7. The summed E-state index contributed by atoms with van der Waals surface area (Å²) in [5.41, 5.74) is 0. The first-order valence-electron chi connectivity index (χ1n) is 12.6. The Morgan fingerprint density at radius 1 is 0.737 bits per heavy atom. The lowest BCUT2D eigenvalue weighted by Crippen LogP contribution is -2.67. The van der Waals surface area contributed by atoms with Crippen LogP contribution in [0.2, 0.25) is 0 Å². The minimum Gasteiger partial charge on any atom is -0.463 e. The number of carbonyl (C=O) groups is 6. The third kappa shape index (κ3) is 11.9. The van der Waals surface area contributed by atoms with Crippen LogP contribution in [0.4, 0.5) is 0 Å². The van der Waals surface area contributed by atoms with Crippen LogP contribution in [-0.2, 0) is 57.2 Å². The molecule has 0 saturated carbocycles. The van der Waals surface area contributed by atoms with Gasteiger partial charge >= 0.3 is 29.8 Å². The molecule has 1 amide bonds. The number of unbranched alkanes of at least 4 members (excludes halogenated alkanes) is 4. The highest BCUT2D eigenvalue weighted by molar-refractivity contribution is 5.83. The molecule has 13 heteroatoms. The quantitative estimate of drug-likeness (QED) is 0.190. The standard InChI is InChI=1S/C25H39NO12/c1-7-8-9-10-11-12-19(34-15(3)28)24(32)26-21-23(36-17(5)30)22(35-16(4)29)20(13-33-14(2)27)38-25(21)37-18(6)31/h19-23,25H,7-13H2,1-6H3,(H,26,32)/t19?,20-,21-,22-,23-,25+/m1/s1. The average Bonchev–Trinajstić information content (AvgIpc) is 2.79. The normalized spacial score (nSPS) is 23.4. The molecular weight excluding hydrogens is 506 g/mol. The molecule has 1 aliphatic heterocycles. The number of hydrogen-bond donors (Lipinski definition) is 1. The summed E-state index contributed by atoms with van der Waals surface area (Å²) < 4.78 is 31.9. The lowest BCUT2D eigenvalue weighted by atomic mass is 9.95. The highest BCUT2D eigenvalue weighted by Gasteiger charge is 2.52. The summed E-state index contributed by atoms with van der Waals surface area (Å²) in [7, 11) is 0. The van der Waals surface area contributed by atoms with Crippen LogP contribution in [0.5, 0.6) is 0 Å². The number of hydrogen-bond acceptors (Lipinski definition) is 12. The molecule has 0 bridgehead atoms. The molecule has 1 rings (SSSR count). The first-order valence-corrected chi connectivity index (χ1v) is 12.6. The average molecular weight is 546 g/mol. The van der Waals surface area contributed by atoms with Gasteiger partial charge in [-0.2, -0.15) is 0 Å². The van der Waals surface area contributed by atoms with Gasteiger partial charge in [0.2, 0.25) is 6.29 Å². The molecule has 0 aromatic heterocycles. The molecule has 0 aromatic carbocycles. The summed E-state index contributed by atoms with van der Waals surface area (Å²) in [6.07, 6.45) is -2.02. The van der Waals surface area contributed by atoms with Crippen molar-refractivity contribution in [3.05, 3.63) is 0 Å². The fourth-order valence-electron chi connectivity index (χ4n) is 3.95. The van der Waals surface area contributed by atoms with Gasteiger partial charge in [-0.15, -0.1) is 0 Å². The monoisotopic (exact) mass is 545 g/mol. The minimum absolute atomic E-state index is 0.224. The van der Waals surface area contributed by atoms with Crippen LogP contribution in [0, 0.1) is 0 Å². The SMILES string of the molecule is CCCCCCCC(OC(C)=O)C(=O)N[C@H]1[C@@H](OC(C)=O)O[C@H](COC(C)=O)[C@@H](OC(C)=O)[C@@H]1OC(C)=O. The van der Waals surface area contributed by atoms with E-state index in [0.29, 0.717) is 6.42 Å². The number of rotatable bonds is 14. The summed E-state index contributed by atoms with van der Waals surface area (Å²) in [6.45, 7) is 7.25. The maximum absolute atomic E-state index is 13.3. The van der Waals surface area contributed by atoms with Crippen LogP contribution in [0.25, 0.3) is 0 Å². The maximum atomic E-state index is 13.3. The molecule has 216 valence electrons. The Hall–Kier alpha value is -3.22. The third-order valence-corrected chi connectivity index (χ3v) is 5.46. The van der Waals surface area contributed by atoms with Crippen LogP contribution in [0.3, 0.4) is 0 Å². The van der Waals surface area contributed by atoms with Crippen LogP contribution in [0.15, 0.2) is 0 Å². The molecule has 6 atom stereocenters. The van der Waals surface area contributed by atoms with Crippen molar-refractivity contribution in [2.24, 2.45) is 0 Å². The van der Waals surface area contributed by atoms with Crippen molar-refractivity contribution >= 4 is 35.8 Å². The molecule has 1 aliphatic rings. The van der Waals surface area contributed by atoms with Gasteiger partial charge in [0.05, 0.1) is 0 Å². The lowest BCUT2D eigenvalue weighted by molar-refractivity contribution is -0.271. The first kappa shape index (κ1) is 32.8. The Labute approximate surface area is 222 Å². The Kier molecular flexibility index (Phi) is 14.3. The van der Waals surface area contributed by atoms with E-state index in [9.17, 15) is 28.8 Å². The number of nitrogens with one attached hydrogen (secondary N) is 1. The smallest absolute Gasteiger partial charge is 0.305 e. The van der Waals surface area contributed by atoms with Crippen LogP contribution < -0.4 is 5.32 Å². The lowest BCUT2D eigenvalue weighted by Gasteiger charge is -2.44. The summed E-state index contributed by atoms with van der Waals surface area (Å²) in [4.78, 5) is 72.1. The van der Waals surface area contributed by atoms with Gasteiger partial charge in [-0.3, -0.25) is 28.8 Å². The van der Waals surface area contributed by atoms with E-state index in [4.69, 9.17) is 28.4 Å². The summed E-state index contributed by atoms with van der Waals surface area (Å²) in [6, 6.07) is -1.37. The predicted molar refractivity (Wildman–Crippen MR) is 129 cm³/mol. The van der Waals surface area contributed by atoms with E-state index in [1.54, 1.807) is 0 Å². The molecule has 0 aliphatic carbocycles. The fourth-order valence-corrected chi connectivity index (χ4v) is 3.95. The van der Waals surface area contributed by atoms with Crippen molar-refractivity contribution in [1.82, 2.24) is 5.32 Å². The van der Waals surface area contributed by atoms with Crippen LogP contribution in [0.1, 0.15) is 80.1 Å². The van der Waals surface area contributed by atoms with Crippen LogP contribution >= 0.6 is 0 Å². The second-order valence-corrected chi connectivity index (χ2v) is 8.94. The van der Waals surface area contributed by atoms with E-state index in [1.165, 1.54) is 6.92 Å². The second kappa shape index (κ2) is 16.6. The zero-order valence-corrected chi connectivity index (χ0v) is 22.8. The highest BCUT2D eigenvalue weighted by Crippen LogP contribution is 2.28. The zero-order valence-electron chi connectivity index (χ0n) is 22.8. The Morgan fingerprint density at radius 3 is 1.84 bits per heavy atom. The van der Waals surface area contributed by atoms with Gasteiger partial charge in [-0.1, -0.05) is 32.6 Å². The largest absolute Gasteiger partial charge is 0.463 e. The maximum Gasteiger partial charge on any atom is 0.305 e. The van der Waals surface area contributed by atoms with E-state index in [2.05, 4.69) is 12.2 Å². The van der Waals surface area contributed by atoms with Gasteiger partial charge in [0.1, 0.15) is 18.8 Å². The van der Waals surface area contributed by atoms with Crippen LogP contribution in [-0.4, -0.2) is 79.1 Å². The first-order chi connectivity index (χ1) is 17.8. The van der Waals surface area contributed by atoms with Gasteiger partial charge < -0.3 is 33.7 Å². The Morgan fingerprint density at radius 2 is 1.32 bits per heavy atom. The summed E-state index contributed by atoms with van der Waals surface area (Å²) in [5, 5.41) is 2.58. The topological polar surface area (TPSA) is 170 Å². The van der Waals surface area contributed by atoms with Crippen molar-refractivity contribution in [3.63, 3.8) is 0 Å². The van der Waals surface area contributed by atoms with Gasteiger partial charge in [0.15, 0.2) is 18.3 Å². The van der Waals surface area contributed by atoms with Crippen molar-refractivity contribution < 1.29 is 57.2 Å². The Balaban J connectivity index is 3.31. The van der Waals surface area contributed by atoms with E-state index in [1.807, 2.05) is 0 Å². The fraction of sp³-hybridized carbons (Fsp3) is 0.760. The molecule has 0 aromatic rings. The van der Waals surface area contributed by atoms with E-state index in [-0.39, 0.29) is 6.42 Å². The molecule has 1 N–H and O–H groups in total.